The number of fused-ring (bicyclic) bond motifs is 1. The number of hydrogen-bond acceptors (Lipinski definition) is 4. The highest BCUT2D eigenvalue weighted by molar-refractivity contribution is 5.85. The van der Waals surface area contributed by atoms with Gasteiger partial charge in [-0.2, -0.15) is 4.98 Å². The number of rotatable bonds is 3. The van der Waals surface area contributed by atoms with Crippen LogP contribution in [0, 0.1) is 20.8 Å². The fraction of sp³-hybridized carbons (Fsp3) is 0.304. The summed E-state index contributed by atoms with van der Waals surface area (Å²) < 4.78 is 0. The van der Waals surface area contributed by atoms with Crippen molar-refractivity contribution in [2.75, 3.05) is 16.8 Å². The third kappa shape index (κ3) is 3.69. The Morgan fingerprint density at radius 1 is 0.964 bits per heavy atom. The van der Waals surface area contributed by atoms with E-state index < -0.39 is 0 Å². The van der Waals surface area contributed by atoms with Crippen molar-refractivity contribution in [2.24, 2.45) is 0 Å². The van der Waals surface area contributed by atoms with Gasteiger partial charge in [0.05, 0.1) is 6.04 Å². The predicted molar refractivity (Wildman–Crippen MR) is 119 cm³/mol. The van der Waals surface area contributed by atoms with Crippen molar-refractivity contribution in [2.45, 2.75) is 40.2 Å². The van der Waals surface area contributed by atoms with Crippen molar-refractivity contribution >= 4 is 29.9 Å². The van der Waals surface area contributed by atoms with Crippen molar-refractivity contribution in [3.8, 4) is 0 Å². The molecule has 4 rings (SSSR count). The Kier molecular flexibility index (Phi) is 5.90. The lowest BCUT2D eigenvalue weighted by Gasteiger charge is -2.35. The number of para-hydroxylation sites is 1. The van der Waals surface area contributed by atoms with E-state index >= 15 is 0 Å². The first-order valence-electron chi connectivity index (χ1n) is 9.57. The summed E-state index contributed by atoms with van der Waals surface area (Å²) in [5, 5.41) is 3.52. The molecule has 1 aliphatic heterocycles. The van der Waals surface area contributed by atoms with Gasteiger partial charge in [-0.15, -0.1) is 12.4 Å². The monoisotopic (exact) mass is 394 g/mol. The quantitative estimate of drug-likeness (QED) is 0.619. The molecule has 0 fully saturated rings. The van der Waals surface area contributed by atoms with Crippen LogP contribution >= 0.6 is 12.4 Å². The largest absolute Gasteiger partial charge is 0.340 e. The second-order valence-electron chi connectivity index (χ2n) is 7.34. The molecule has 1 atom stereocenters. The summed E-state index contributed by atoms with van der Waals surface area (Å²) in [5.41, 5.74) is 7.20. The number of nitrogens with one attached hydrogen (secondary N) is 1. The second kappa shape index (κ2) is 8.19. The fourth-order valence-corrected chi connectivity index (χ4v) is 3.75. The van der Waals surface area contributed by atoms with Gasteiger partial charge in [-0.3, -0.25) is 0 Å². The number of aromatic nitrogens is 2. The SMILES string of the molecule is Cc1ccccc1Nc1nc(N2CCc3ccccc3[C@H]2C)nc(C)c1C.Cl. The molecule has 1 N–H and O–H groups in total. The van der Waals surface area contributed by atoms with Crippen molar-refractivity contribution in [1.82, 2.24) is 9.97 Å². The summed E-state index contributed by atoms with van der Waals surface area (Å²) in [6.07, 6.45) is 1.03. The molecule has 0 saturated carbocycles. The van der Waals surface area contributed by atoms with E-state index in [2.05, 4.69) is 80.4 Å². The average molecular weight is 395 g/mol. The third-order valence-corrected chi connectivity index (χ3v) is 5.63. The minimum absolute atomic E-state index is 0. The second-order valence-corrected chi connectivity index (χ2v) is 7.34. The van der Waals surface area contributed by atoms with Crippen LogP contribution in [0.1, 0.15) is 40.9 Å². The smallest absolute Gasteiger partial charge is 0.228 e. The van der Waals surface area contributed by atoms with Gasteiger partial charge in [-0.05, 0) is 56.9 Å². The molecule has 146 valence electrons. The third-order valence-electron chi connectivity index (χ3n) is 5.63. The van der Waals surface area contributed by atoms with E-state index in [1.807, 2.05) is 6.07 Å². The molecular weight excluding hydrogens is 368 g/mol. The van der Waals surface area contributed by atoms with Crippen LogP contribution in [-0.2, 0) is 6.42 Å². The number of nitrogens with zero attached hydrogens (tertiary/aromatic N) is 3. The van der Waals surface area contributed by atoms with E-state index in [0.29, 0.717) is 0 Å². The molecule has 0 radical (unpaired) electrons. The van der Waals surface area contributed by atoms with E-state index in [9.17, 15) is 0 Å². The Balaban J connectivity index is 0.00000225. The highest BCUT2D eigenvalue weighted by atomic mass is 35.5. The molecule has 2 aromatic carbocycles. The van der Waals surface area contributed by atoms with Gasteiger partial charge >= 0.3 is 0 Å². The summed E-state index contributed by atoms with van der Waals surface area (Å²) >= 11 is 0. The van der Waals surface area contributed by atoms with Gasteiger partial charge in [0, 0.05) is 23.5 Å². The Labute approximate surface area is 173 Å². The van der Waals surface area contributed by atoms with Gasteiger partial charge in [-0.1, -0.05) is 42.5 Å². The fourth-order valence-electron chi connectivity index (χ4n) is 3.75. The van der Waals surface area contributed by atoms with E-state index in [1.165, 1.54) is 16.7 Å². The minimum Gasteiger partial charge on any atom is -0.340 e. The Hall–Kier alpha value is -2.59. The number of benzene rings is 2. The number of hydrogen-bond donors (Lipinski definition) is 1. The van der Waals surface area contributed by atoms with Crippen LogP contribution in [0.2, 0.25) is 0 Å². The normalized spacial score (nSPS) is 15.6. The first kappa shape index (κ1) is 20.2. The van der Waals surface area contributed by atoms with E-state index in [-0.39, 0.29) is 18.4 Å². The van der Waals surface area contributed by atoms with Gasteiger partial charge in [0.1, 0.15) is 5.82 Å². The summed E-state index contributed by atoms with van der Waals surface area (Å²) in [7, 11) is 0. The standard InChI is InChI=1S/C23H26N4.ClH/c1-15-9-5-8-12-21(15)25-22-16(2)17(3)24-23(26-22)27-14-13-19-10-6-7-11-20(19)18(27)4;/h5-12,18H,13-14H2,1-4H3,(H,24,25,26);1H/t18-;/m1./s1. The maximum atomic E-state index is 4.92. The molecule has 0 aliphatic carbocycles. The van der Waals surface area contributed by atoms with Crippen LogP contribution in [0.25, 0.3) is 0 Å². The lowest BCUT2D eigenvalue weighted by atomic mass is 9.94. The zero-order valence-corrected chi connectivity index (χ0v) is 17.7. The van der Waals surface area contributed by atoms with Crippen molar-refractivity contribution < 1.29 is 0 Å². The summed E-state index contributed by atoms with van der Waals surface area (Å²) in [4.78, 5) is 12.1. The first-order valence-corrected chi connectivity index (χ1v) is 9.57. The van der Waals surface area contributed by atoms with Crippen molar-refractivity contribution in [1.29, 1.82) is 0 Å². The molecule has 4 nitrogen and oxygen atoms in total. The van der Waals surface area contributed by atoms with Crippen LogP contribution in [0.4, 0.5) is 17.5 Å². The minimum atomic E-state index is 0. The van der Waals surface area contributed by atoms with Crippen LogP contribution in [0.3, 0.4) is 0 Å². The Morgan fingerprint density at radius 3 is 2.46 bits per heavy atom. The topological polar surface area (TPSA) is 41.1 Å². The molecule has 0 amide bonds. The Morgan fingerprint density at radius 2 is 1.68 bits per heavy atom. The lowest BCUT2D eigenvalue weighted by molar-refractivity contribution is 0.607. The molecular formula is C23H27ClN4. The summed E-state index contributed by atoms with van der Waals surface area (Å²) in [6, 6.07) is 17.3. The zero-order valence-electron chi connectivity index (χ0n) is 16.9. The molecule has 28 heavy (non-hydrogen) atoms. The summed E-state index contributed by atoms with van der Waals surface area (Å²) in [6.45, 7) is 9.42. The number of aryl methyl sites for hydroxylation is 2. The predicted octanol–water partition coefficient (Wildman–Crippen LogP) is 5.69. The molecule has 5 heteroatoms. The maximum absolute atomic E-state index is 4.92. The highest BCUT2D eigenvalue weighted by Crippen LogP contribution is 2.33. The van der Waals surface area contributed by atoms with Gasteiger partial charge in [0.2, 0.25) is 5.95 Å². The highest BCUT2D eigenvalue weighted by Gasteiger charge is 2.26. The van der Waals surface area contributed by atoms with E-state index in [4.69, 9.17) is 9.97 Å². The van der Waals surface area contributed by atoms with Crippen molar-refractivity contribution in [3.63, 3.8) is 0 Å². The molecule has 0 unspecified atom stereocenters. The summed E-state index contributed by atoms with van der Waals surface area (Å²) in [5.74, 6) is 1.69. The van der Waals surface area contributed by atoms with Gasteiger partial charge in [-0.25, -0.2) is 4.98 Å². The van der Waals surface area contributed by atoms with E-state index in [1.54, 1.807) is 0 Å². The zero-order chi connectivity index (χ0) is 19.0. The molecule has 2 heterocycles. The number of anilines is 3. The van der Waals surface area contributed by atoms with Crippen molar-refractivity contribution in [3.05, 3.63) is 76.5 Å². The van der Waals surface area contributed by atoms with Gasteiger partial charge in [0.15, 0.2) is 0 Å². The van der Waals surface area contributed by atoms with Gasteiger partial charge in [0.25, 0.3) is 0 Å². The molecule has 0 bridgehead atoms. The molecule has 1 aromatic heterocycles. The molecule has 3 aromatic rings. The van der Waals surface area contributed by atoms with Crippen LogP contribution in [0.15, 0.2) is 48.5 Å². The van der Waals surface area contributed by atoms with Crippen LogP contribution in [-0.4, -0.2) is 16.5 Å². The first-order chi connectivity index (χ1) is 13.0. The van der Waals surface area contributed by atoms with E-state index in [0.717, 1.165) is 41.7 Å². The number of halogens is 1. The lowest BCUT2D eigenvalue weighted by Crippen LogP contribution is -2.35. The molecule has 0 saturated heterocycles. The molecule has 1 aliphatic rings. The van der Waals surface area contributed by atoms with Crippen LogP contribution < -0.4 is 10.2 Å². The van der Waals surface area contributed by atoms with Gasteiger partial charge < -0.3 is 10.2 Å². The Bertz CT molecular complexity index is 986. The van der Waals surface area contributed by atoms with Crippen LogP contribution in [0.5, 0.6) is 0 Å². The maximum Gasteiger partial charge on any atom is 0.228 e. The molecule has 0 spiro atoms. The average Bonchev–Trinajstić information content (AvgIpc) is 2.67.